The Kier molecular flexibility index (Phi) is 4.99. The maximum Gasteiger partial charge on any atom is 0.249 e. The molecule has 0 radical (unpaired) electrons. The first-order valence-corrected chi connectivity index (χ1v) is 4.77. The van der Waals surface area contributed by atoms with E-state index >= 15 is 0 Å². The number of carbonyl (C=O) groups is 1. The minimum Gasteiger partial charge on any atom is -0.372 e. The Bertz CT molecular complexity index is 166. The summed E-state index contributed by atoms with van der Waals surface area (Å²) in [5.41, 5.74) is -0.126. The largest absolute Gasteiger partial charge is 0.372 e. The van der Waals surface area contributed by atoms with Gasteiger partial charge in [0.1, 0.15) is 6.10 Å². The lowest BCUT2D eigenvalue weighted by Gasteiger charge is -2.27. The van der Waals surface area contributed by atoms with Crippen molar-refractivity contribution in [1.29, 1.82) is 0 Å². The number of hydrogen-bond donors (Lipinski definition) is 1. The van der Waals surface area contributed by atoms with Crippen LogP contribution in [0.25, 0.3) is 0 Å². The summed E-state index contributed by atoms with van der Waals surface area (Å²) in [6.07, 6.45) is 1.68. The predicted octanol–water partition coefficient (Wildman–Crippen LogP) is 1.72. The van der Waals surface area contributed by atoms with Gasteiger partial charge in [0.2, 0.25) is 5.91 Å². The van der Waals surface area contributed by atoms with Gasteiger partial charge in [0.25, 0.3) is 0 Å². The van der Waals surface area contributed by atoms with Crippen LogP contribution >= 0.6 is 0 Å². The SMILES string of the molecule is CCCC(C)(C)NC(=O)C(C)OC. The van der Waals surface area contributed by atoms with Crippen LogP contribution in [-0.4, -0.2) is 24.7 Å². The van der Waals surface area contributed by atoms with Crippen LogP contribution in [0.3, 0.4) is 0 Å². The van der Waals surface area contributed by atoms with Crippen LogP contribution in [0, 0.1) is 0 Å². The van der Waals surface area contributed by atoms with Crippen molar-refractivity contribution in [2.24, 2.45) is 0 Å². The van der Waals surface area contributed by atoms with E-state index in [9.17, 15) is 4.79 Å². The third-order valence-corrected chi connectivity index (χ3v) is 2.06. The Morgan fingerprint density at radius 1 is 1.54 bits per heavy atom. The zero-order valence-electron chi connectivity index (χ0n) is 9.31. The van der Waals surface area contributed by atoms with E-state index in [1.165, 1.54) is 7.11 Å². The number of nitrogens with one attached hydrogen (secondary N) is 1. The average Bonchev–Trinajstić information content (AvgIpc) is 2.01. The fourth-order valence-corrected chi connectivity index (χ4v) is 1.23. The summed E-state index contributed by atoms with van der Waals surface area (Å²) in [4.78, 5) is 11.4. The highest BCUT2D eigenvalue weighted by Crippen LogP contribution is 2.10. The molecule has 1 amide bonds. The highest BCUT2D eigenvalue weighted by atomic mass is 16.5. The van der Waals surface area contributed by atoms with Crippen molar-refractivity contribution in [2.45, 2.75) is 52.2 Å². The van der Waals surface area contributed by atoms with Crippen molar-refractivity contribution in [3.8, 4) is 0 Å². The van der Waals surface area contributed by atoms with Gasteiger partial charge in [0.05, 0.1) is 0 Å². The first-order chi connectivity index (χ1) is 5.93. The van der Waals surface area contributed by atoms with Gasteiger partial charge in [0, 0.05) is 12.6 Å². The van der Waals surface area contributed by atoms with Crippen LogP contribution in [0.15, 0.2) is 0 Å². The van der Waals surface area contributed by atoms with Gasteiger partial charge in [-0.05, 0) is 27.2 Å². The van der Waals surface area contributed by atoms with E-state index in [0.29, 0.717) is 0 Å². The fourth-order valence-electron chi connectivity index (χ4n) is 1.23. The summed E-state index contributed by atoms with van der Waals surface area (Å²) < 4.78 is 4.92. The van der Waals surface area contributed by atoms with Gasteiger partial charge in [0.15, 0.2) is 0 Å². The van der Waals surface area contributed by atoms with E-state index in [2.05, 4.69) is 12.2 Å². The maximum absolute atomic E-state index is 11.4. The number of hydrogen-bond acceptors (Lipinski definition) is 2. The van der Waals surface area contributed by atoms with Crippen LogP contribution in [0.2, 0.25) is 0 Å². The molecule has 0 saturated heterocycles. The smallest absolute Gasteiger partial charge is 0.249 e. The van der Waals surface area contributed by atoms with E-state index in [4.69, 9.17) is 4.74 Å². The molecule has 0 rings (SSSR count). The third-order valence-electron chi connectivity index (χ3n) is 2.06. The second-order valence-electron chi connectivity index (χ2n) is 4.00. The molecule has 0 heterocycles. The van der Waals surface area contributed by atoms with E-state index in [0.717, 1.165) is 12.8 Å². The lowest BCUT2D eigenvalue weighted by molar-refractivity contribution is -0.131. The van der Waals surface area contributed by atoms with Gasteiger partial charge in [-0.25, -0.2) is 0 Å². The van der Waals surface area contributed by atoms with Gasteiger partial charge in [-0.3, -0.25) is 4.79 Å². The average molecular weight is 187 g/mol. The summed E-state index contributed by atoms with van der Waals surface area (Å²) in [7, 11) is 1.54. The summed E-state index contributed by atoms with van der Waals surface area (Å²) in [5.74, 6) is -0.0408. The van der Waals surface area contributed by atoms with Crippen molar-refractivity contribution in [2.75, 3.05) is 7.11 Å². The van der Waals surface area contributed by atoms with E-state index in [1.807, 2.05) is 13.8 Å². The minimum absolute atomic E-state index is 0.0408. The Morgan fingerprint density at radius 2 is 2.08 bits per heavy atom. The van der Waals surface area contributed by atoms with Crippen LogP contribution in [0.5, 0.6) is 0 Å². The molecule has 3 heteroatoms. The van der Waals surface area contributed by atoms with Gasteiger partial charge < -0.3 is 10.1 Å². The zero-order chi connectivity index (χ0) is 10.5. The van der Waals surface area contributed by atoms with Crippen molar-refractivity contribution in [3.63, 3.8) is 0 Å². The Labute approximate surface area is 80.8 Å². The summed E-state index contributed by atoms with van der Waals surface area (Å²) in [5, 5.41) is 2.94. The molecule has 0 aromatic rings. The monoisotopic (exact) mass is 187 g/mol. The lowest BCUT2D eigenvalue weighted by Crippen LogP contribution is -2.47. The molecule has 1 unspecified atom stereocenters. The van der Waals surface area contributed by atoms with Gasteiger partial charge in [-0.15, -0.1) is 0 Å². The maximum atomic E-state index is 11.4. The number of amides is 1. The molecule has 0 aliphatic rings. The van der Waals surface area contributed by atoms with Gasteiger partial charge >= 0.3 is 0 Å². The molecule has 0 spiro atoms. The summed E-state index contributed by atoms with van der Waals surface area (Å²) in [6, 6.07) is 0. The van der Waals surface area contributed by atoms with Crippen molar-refractivity contribution in [3.05, 3.63) is 0 Å². The normalized spacial score (nSPS) is 13.9. The molecule has 0 saturated carbocycles. The number of methoxy groups -OCH3 is 1. The molecule has 0 aliphatic heterocycles. The zero-order valence-corrected chi connectivity index (χ0v) is 9.31. The Hall–Kier alpha value is -0.570. The number of carbonyl (C=O) groups excluding carboxylic acids is 1. The molecule has 1 N–H and O–H groups in total. The molecule has 1 atom stereocenters. The predicted molar refractivity (Wildman–Crippen MR) is 53.6 cm³/mol. The fraction of sp³-hybridized carbons (Fsp3) is 0.900. The Morgan fingerprint density at radius 3 is 2.46 bits per heavy atom. The molecule has 0 fully saturated rings. The first-order valence-electron chi connectivity index (χ1n) is 4.77. The molecule has 0 aromatic carbocycles. The lowest BCUT2D eigenvalue weighted by atomic mass is 9.99. The second kappa shape index (κ2) is 5.22. The van der Waals surface area contributed by atoms with Crippen LogP contribution in [0.4, 0.5) is 0 Å². The highest BCUT2D eigenvalue weighted by molar-refractivity contribution is 5.80. The molecule has 3 nitrogen and oxygen atoms in total. The standard InChI is InChI=1S/C10H21NO2/c1-6-7-10(3,4)11-9(12)8(2)13-5/h8H,6-7H2,1-5H3,(H,11,12). The number of ether oxygens (including phenoxy) is 1. The van der Waals surface area contributed by atoms with E-state index in [1.54, 1.807) is 6.92 Å². The quantitative estimate of drug-likeness (QED) is 0.711. The van der Waals surface area contributed by atoms with Crippen LogP contribution in [-0.2, 0) is 9.53 Å². The van der Waals surface area contributed by atoms with Crippen LogP contribution < -0.4 is 5.32 Å². The summed E-state index contributed by atoms with van der Waals surface area (Å²) >= 11 is 0. The topological polar surface area (TPSA) is 38.3 Å². The summed E-state index contributed by atoms with van der Waals surface area (Å²) in [6.45, 7) is 7.90. The number of rotatable bonds is 5. The van der Waals surface area contributed by atoms with Crippen molar-refractivity contribution < 1.29 is 9.53 Å². The molecule has 0 aromatic heterocycles. The minimum atomic E-state index is -0.365. The van der Waals surface area contributed by atoms with E-state index in [-0.39, 0.29) is 17.6 Å². The first kappa shape index (κ1) is 12.4. The second-order valence-corrected chi connectivity index (χ2v) is 4.00. The van der Waals surface area contributed by atoms with Crippen LogP contribution in [0.1, 0.15) is 40.5 Å². The van der Waals surface area contributed by atoms with Crippen molar-refractivity contribution in [1.82, 2.24) is 5.32 Å². The van der Waals surface area contributed by atoms with Gasteiger partial charge in [-0.1, -0.05) is 13.3 Å². The van der Waals surface area contributed by atoms with E-state index < -0.39 is 0 Å². The highest BCUT2D eigenvalue weighted by Gasteiger charge is 2.22. The molecular weight excluding hydrogens is 166 g/mol. The van der Waals surface area contributed by atoms with Gasteiger partial charge in [-0.2, -0.15) is 0 Å². The Balaban J connectivity index is 4.03. The third kappa shape index (κ3) is 4.88. The molecule has 13 heavy (non-hydrogen) atoms. The van der Waals surface area contributed by atoms with Crippen molar-refractivity contribution >= 4 is 5.91 Å². The molecular formula is C10H21NO2. The molecule has 0 aliphatic carbocycles. The molecule has 78 valence electrons. The molecule has 0 bridgehead atoms.